The maximum atomic E-state index is 12.7. The summed E-state index contributed by atoms with van der Waals surface area (Å²) in [6.45, 7) is 3.41. The molecule has 0 saturated carbocycles. The molecule has 4 rings (SSSR count). The zero-order valence-corrected chi connectivity index (χ0v) is 16.0. The van der Waals surface area contributed by atoms with Gasteiger partial charge in [0.1, 0.15) is 0 Å². The minimum atomic E-state index is -0.416. The third kappa shape index (κ3) is 3.69. The molecule has 1 atom stereocenters. The van der Waals surface area contributed by atoms with E-state index in [1.165, 1.54) is 0 Å². The molecule has 0 radical (unpaired) electrons. The summed E-state index contributed by atoms with van der Waals surface area (Å²) in [5, 5.41) is 9.91. The van der Waals surface area contributed by atoms with Crippen molar-refractivity contribution >= 4 is 5.91 Å². The molecule has 3 aromatic rings. The second-order valence-electron chi connectivity index (χ2n) is 7.29. The lowest BCUT2D eigenvalue weighted by atomic mass is 9.94. The van der Waals surface area contributed by atoms with Gasteiger partial charge in [0.2, 0.25) is 0 Å². The number of aliphatic hydroxyl groups is 1. The van der Waals surface area contributed by atoms with Gasteiger partial charge in [0, 0.05) is 36.5 Å². The van der Waals surface area contributed by atoms with Crippen LogP contribution in [0.2, 0.25) is 0 Å². The topological polar surface area (TPSA) is 53.4 Å². The highest BCUT2D eigenvalue weighted by Gasteiger charge is 2.32. The fourth-order valence-electron chi connectivity index (χ4n) is 3.57. The predicted octanol–water partition coefficient (Wildman–Crippen LogP) is 4.43. The van der Waals surface area contributed by atoms with Crippen molar-refractivity contribution in [3.63, 3.8) is 0 Å². The molecule has 0 bridgehead atoms. The molecule has 0 aliphatic carbocycles. The van der Waals surface area contributed by atoms with Crippen molar-refractivity contribution < 1.29 is 9.90 Å². The van der Waals surface area contributed by atoms with E-state index < -0.39 is 6.10 Å². The number of aromatic nitrogens is 1. The van der Waals surface area contributed by atoms with Crippen molar-refractivity contribution in [3.8, 4) is 11.1 Å². The molecule has 2 aromatic carbocycles. The Kier molecular flexibility index (Phi) is 5.22. The number of benzene rings is 2. The molecular weight excluding hydrogens is 348 g/mol. The number of carbonyl (C=O) groups is 1. The molecule has 4 nitrogen and oxygen atoms in total. The fraction of sp³-hybridized carbons (Fsp3) is 0.250. The highest BCUT2D eigenvalue weighted by Crippen LogP contribution is 2.28. The van der Waals surface area contributed by atoms with E-state index in [2.05, 4.69) is 4.98 Å². The maximum Gasteiger partial charge on any atom is 0.253 e. The smallest absolute Gasteiger partial charge is 0.253 e. The first-order valence-corrected chi connectivity index (χ1v) is 9.74. The Hall–Kier alpha value is -2.98. The largest absolute Gasteiger partial charge is 0.388 e. The van der Waals surface area contributed by atoms with Crippen LogP contribution in [0, 0.1) is 0 Å². The predicted molar refractivity (Wildman–Crippen MR) is 110 cm³/mol. The summed E-state index contributed by atoms with van der Waals surface area (Å²) in [6, 6.07) is 21.6. The average Bonchev–Trinajstić information content (AvgIpc) is 2.73. The van der Waals surface area contributed by atoms with Crippen LogP contribution in [0.25, 0.3) is 11.1 Å². The molecule has 1 aromatic heterocycles. The Labute approximate surface area is 165 Å². The number of likely N-dealkylation sites (tertiary alicyclic amines) is 1. The Bertz CT molecular complexity index is 931. The first-order valence-electron chi connectivity index (χ1n) is 9.74. The Morgan fingerprint density at radius 1 is 1.04 bits per heavy atom. The average molecular weight is 372 g/mol. The van der Waals surface area contributed by atoms with Crippen molar-refractivity contribution in [1.29, 1.82) is 0 Å². The lowest BCUT2D eigenvalue weighted by Crippen LogP contribution is -2.48. The van der Waals surface area contributed by atoms with Crippen LogP contribution in [0.5, 0.6) is 0 Å². The first kappa shape index (κ1) is 18.4. The summed E-state index contributed by atoms with van der Waals surface area (Å²) < 4.78 is 0. The number of aliphatic hydroxyl groups excluding tert-OH is 1. The van der Waals surface area contributed by atoms with E-state index in [4.69, 9.17) is 0 Å². The van der Waals surface area contributed by atoms with E-state index in [1.54, 1.807) is 6.20 Å². The summed E-state index contributed by atoms with van der Waals surface area (Å²) in [5.74, 6) is 0.404. The Morgan fingerprint density at radius 2 is 1.68 bits per heavy atom. The SMILES string of the molecule is CC[C@@H](O)c1ccc(-c2ccc(C(=O)N3CC(c4ccccn4)C3)cc2)cc1. The van der Waals surface area contributed by atoms with Crippen molar-refractivity contribution in [2.75, 3.05) is 13.1 Å². The summed E-state index contributed by atoms with van der Waals surface area (Å²) in [6.07, 6.45) is 2.09. The quantitative estimate of drug-likeness (QED) is 0.721. The summed E-state index contributed by atoms with van der Waals surface area (Å²) in [7, 11) is 0. The molecule has 2 heterocycles. The fourth-order valence-corrected chi connectivity index (χ4v) is 3.57. The molecule has 1 aliphatic heterocycles. The number of hydrogen-bond donors (Lipinski definition) is 1. The molecule has 1 amide bonds. The van der Waals surface area contributed by atoms with Gasteiger partial charge < -0.3 is 10.0 Å². The zero-order chi connectivity index (χ0) is 19.5. The van der Waals surface area contributed by atoms with Crippen LogP contribution in [0.15, 0.2) is 72.9 Å². The van der Waals surface area contributed by atoms with E-state index >= 15 is 0 Å². The van der Waals surface area contributed by atoms with Gasteiger partial charge in [0.05, 0.1) is 6.10 Å². The lowest BCUT2D eigenvalue weighted by Gasteiger charge is -2.39. The summed E-state index contributed by atoms with van der Waals surface area (Å²) >= 11 is 0. The van der Waals surface area contributed by atoms with E-state index in [0.717, 1.165) is 35.5 Å². The van der Waals surface area contributed by atoms with Crippen molar-refractivity contribution in [2.45, 2.75) is 25.4 Å². The molecule has 28 heavy (non-hydrogen) atoms. The van der Waals surface area contributed by atoms with Crippen LogP contribution in [0.3, 0.4) is 0 Å². The Balaban J connectivity index is 1.40. The normalized spacial score (nSPS) is 15.1. The third-order valence-corrected chi connectivity index (χ3v) is 5.42. The second-order valence-corrected chi connectivity index (χ2v) is 7.29. The third-order valence-electron chi connectivity index (χ3n) is 5.42. The van der Waals surface area contributed by atoms with Crippen molar-refractivity contribution in [2.24, 2.45) is 0 Å². The van der Waals surface area contributed by atoms with Gasteiger partial charge in [-0.05, 0) is 47.4 Å². The van der Waals surface area contributed by atoms with Crippen molar-refractivity contribution in [3.05, 3.63) is 89.7 Å². The van der Waals surface area contributed by atoms with Crippen LogP contribution in [0.4, 0.5) is 0 Å². The molecule has 0 spiro atoms. The van der Waals surface area contributed by atoms with E-state index in [9.17, 15) is 9.90 Å². The molecule has 0 unspecified atom stereocenters. The number of carbonyl (C=O) groups excluding carboxylic acids is 1. The van der Waals surface area contributed by atoms with Gasteiger partial charge in [0.15, 0.2) is 0 Å². The number of amides is 1. The minimum Gasteiger partial charge on any atom is -0.388 e. The van der Waals surface area contributed by atoms with Crippen LogP contribution >= 0.6 is 0 Å². The number of rotatable bonds is 5. The van der Waals surface area contributed by atoms with Gasteiger partial charge in [-0.3, -0.25) is 9.78 Å². The van der Waals surface area contributed by atoms with Gasteiger partial charge in [-0.2, -0.15) is 0 Å². The van der Waals surface area contributed by atoms with Gasteiger partial charge >= 0.3 is 0 Å². The molecule has 142 valence electrons. The molecule has 1 N–H and O–H groups in total. The Morgan fingerprint density at radius 3 is 2.25 bits per heavy atom. The minimum absolute atomic E-state index is 0.0696. The molecule has 1 aliphatic rings. The standard InChI is InChI=1S/C24H24N2O2/c1-2-23(27)19-10-6-17(7-11-19)18-8-12-20(13-9-18)24(28)26-15-21(16-26)22-5-3-4-14-25-22/h3-14,21,23,27H,2,15-16H2,1H3/t23-/m1/s1. The second kappa shape index (κ2) is 7.95. The van der Waals surface area contributed by atoms with Gasteiger partial charge in [-0.1, -0.05) is 49.4 Å². The van der Waals surface area contributed by atoms with Crippen LogP contribution < -0.4 is 0 Å². The van der Waals surface area contributed by atoms with Gasteiger partial charge in [-0.25, -0.2) is 0 Å². The monoisotopic (exact) mass is 372 g/mol. The van der Waals surface area contributed by atoms with Gasteiger partial charge in [0.25, 0.3) is 5.91 Å². The zero-order valence-electron chi connectivity index (χ0n) is 16.0. The first-order chi connectivity index (χ1) is 13.7. The molecule has 1 fully saturated rings. The van der Waals surface area contributed by atoms with Crippen LogP contribution in [0.1, 0.15) is 47.0 Å². The highest BCUT2D eigenvalue weighted by atomic mass is 16.3. The van der Waals surface area contributed by atoms with E-state index in [-0.39, 0.29) is 5.91 Å². The molecule has 4 heteroatoms. The van der Waals surface area contributed by atoms with Crippen LogP contribution in [-0.4, -0.2) is 34.0 Å². The summed E-state index contributed by atoms with van der Waals surface area (Å²) in [4.78, 5) is 18.9. The number of nitrogens with zero attached hydrogens (tertiary/aromatic N) is 2. The van der Waals surface area contributed by atoms with Crippen LogP contribution in [-0.2, 0) is 0 Å². The number of pyridine rings is 1. The molecular formula is C24H24N2O2. The maximum absolute atomic E-state index is 12.7. The molecule has 1 saturated heterocycles. The lowest BCUT2D eigenvalue weighted by molar-refractivity contribution is 0.0599. The summed E-state index contributed by atoms with van der Waals surface area (Å²) in [5.41, 5.74) is 4.83. The van der Waals surface area contributed by atoms with E-state index in [0.29, 0.717) is 17.9 Å². The van der Waals surface area contributed by atoms with Gasteiger partial charge in [-0.15, -0.1) is 0 Å². The number of hydrogen-bond acceptors (Lipinski definition) is 3. The van der Waals surface area contributed by atoms with E-state index in [1.807, 2.05) is 78.6 Å². The van der Waals surface area contributed by atoms with Crippen molar-refractivity contribution in [1.82, 2.24) is 9.88 Å². The highest BCUT2D eigenvalue weighted by molar-refractivity contribution is 5.95.